The Hall–Kier alpha value is -3.59. The van der Waals surface area contributed by atoms with E-state index in [2.05, 4.69) is 20.9 Å². The van der Waals surface area contributed by atoms with Crippen LogP contribution in [0.2, 0.25) is 5.02 Å². The molecule has 0 radical (unpaired) electrons. The smallest absolute Gasteiger partial charge is 0.278 e. The Morgan fingerprint density at radius 2 is 1.94 bits per heavy atom. The first-order valence-electron chi connectivity index (χ1n) is 9.53. The van der Waals surface area contributed by atoms with Crippen molar-refractivity contribution in [1.29, 1.82) is 0 Å². The number of carbonyl (C=O) groups excluding carboxylic acids is 2. The van der Waals surface area contributed by atoms with Gasteiger partial charge in [0.25, 0.3) is 5.91 Å². The van der Waals surface area contributed by atoms with E-state index in [1.54, 1.807) is 25.1 Å². The third kappa shape index (κ3) is 4.61. The molecule has 1 aromatic heterocycles. The fraction of sp³-hybridized carbons (Fsp3) is 0.238. The molecule has 0 saturated heterocycles. The molecule has 9 nitrogen and oxygen atoms in total. The molecule has 2 heterocycles. The van der Waals surface area contributed by atoms with Crippen molar-refractivity contribution >= 4 is 29.1 Å². The van der Waals surface area contributed by atoms with Gasteiger partial charge in [0.05, 0.1) is 16.4 Å². The van der Waals surface area contributed by atoms with Crippen molar-refractivity contribution in [2.75, 3.05) is 12.1 Å². The fourth-order valence-corrected chi connectivity index (χ4v) is 3.35. The number of ether oxygens (including phenoxy) is 2. The highest BCUT2D eigenvalue weighted by atomic mass is 35.5. The topological polar surface area (TPSA) is 107 Å². The number of nitrogens with one attached hydrogen (secondary N) is 2. The van der Waals surface area contributed by atoms with Crippen molar-refractivity contribution in [2.24, 2.45) is 0 Å². The molecule has 160 valence electrons. The van der Waals surface area contributed by atoms with Gasteiger partial charge in [-0.2, -0.15) is 0 Å². The van der Waals surface area contributed by atoms with Gasteiger partial charge in [-0.1, -0.05) is 28.9 Å². The zero-order chi connectivity index (χ0) is 22.0. The quantitative estimate of drug-likeness (QED) is 0.609. The Morgan fingerprint density at radius 3 is 2.74 bits per heavy atom. The summed E-state index contributed by atoms with van der Waals surface area (Å²) in [6, 6.07) is 10.8. The zero-order valence-electron chi connectivity index (χ0n) is 16.9. The van der Waals surface area contributed by atoms with Crippen LogP contribution in [-0.4, -0.2) is 33.6 Å². The van der Waals surface area contributed by atoms with E-state index in [1.807, 2.05) is 25.1 Å². The summed E-state index contributed by atoms with van der Waals surface area (Å²) in [5, 5.41) is 13.8. The van der Waals surface area contributed by atoms with Crippen molar-refractivity contribution in [1.82, 2.24) is 20.3 Å². The van der Waals surface area contributed by atoms with Crippen LogP contribution in [0.15, 0.2) is 36.4 Å². The van der Waals surface area contributed by atoms with Crippen LogP contribution < -0.4 is 20.1 Å². The first-order valence-corrected chi connectivity index (χ1v) is 9.91. The van der Waals surface area contributed by atoms with Gasteiger partial charge in [-0.15, -0.1) is 5.10 Å². The number of rotatable bonds is 6. The number of anilines is 1. The molecular formula is C21H20ClN5O4. The lowest BCUT2D eigenvalue weighted by Crippen LogP contribution is -2.28. The number of carbonyl (C=O) groups is 2. The molecule has 10 heteroatoms. The molecule has 1 aliphatic heterocycles. The van der Waals surface area contributed by atoms with E-state index in [0.717, 1.165) is 11.1 Å². The molecule has 0 spiro atoms. The van der Waals surface area contributed by atoms with Crippen LogP contribution in [-0.2, 0) is 17.9 Å². The molecule has 0 saturated carbocycles. The average Bonchev–Trinajstić information content (AvgIpc) is 3.35. The van der Waals surface area contributed by atoms with Gasteiger partial charge in [-0.3, -0.25) is 9.59 Å². The maximum absolute atomic E-state index is 12.6. The van der Waals surface area contributed by atoms with Gasteiger partial charge in [-0.25, -0.2) is 4.68 Å². The highest BCUT2D eigenvalue weighted by Gasteiger charge is 2.19. The summed E-state index contributed by atoms with van der Waals surface area (Å²) < 4.78 is 12.0. The SMILES string of the molecule is Cc1ccc(NC(=O)c2nnn(CC(=O)NCc3ccc4c(c3)OCO4)c2C)c(Cl)c1. The first-order chi connectivity index (χ1) is 14.9. The molecule has 1 aliphatic rings. The number of hydrogen-bond acceptors (Lipinski definition) is 6. The molecule has 0 fully saturated rings. The molecule has 0 atom stereocenters. The van der Waals surface area contributed by atoms with Crippen LogP contribution >= 0.6 is 11.6 Å². The van der Waals surface area contributed by atoms with E-state index in [1.165, 1.54) is 4.68 Å². The lowest BCUT2D eigenvalue weighted by atomic mass is 10.2. The van der Waals surface area contributed by atoms with Gasteiger partial charge >= 0.3 is 0 Å². The molecule has 0 aliphatic carbocycles. The summed E-state index contributed by atoms with van der Waals surface area (Å²) in [5.74, 6) is 0.628. The predicted molar refractivity (Wildman–Crippen MR) is 113 cm³/mol. The Bertz CT molecular complexity index is 1160. The van der Waals surface area contributed by atoms with Crippen molar-refractivity contribution in [2.45, 2.75) is 26.9 Å². The van der Waals surface area contributed by atoms with Crippen molar-refractivity contribution in [3.8, 4) is 11.5 Å². The molecule has 2 aromatic carbocycles. The summed E-state index contributed by atoms with van der Waals surface area (Å²) in [7, 11) is 0. The monoisotopic (exact) mass is 441 g/mol. The summed E-state index contributed by atoms with van der Waals surface area (Å²) in [4.78, 5) is 24.9. The number of benzene rings is 2. The minimum Gasteiger partial charge on any atom is -0.454 e. The lowest BCUT2D eigenvalue weighted by molar-refractivity contribution is -0.122. The van der Waals surface area contributed by atoms with Gasteiger partial charge in [0.15, 0.2) is 17.2 Å². The molecule has 0 bridgehead atoms. The summed E-state index contributed by atoms with van der Waals surface area (Å²) >= 11 is 6.17. The maximum atomic E-state index is 12.6. The second kappa shape index (κ2) is 8.65. The number of nitrogens with zero attached hydrogens (tertiary/aromatic N) is 3. The minimum atomic E-state index is -0.449. The van der Waals surface area contributed by atoms with Crippen LogP contribution in [0.25, 0.3) is 0 Å². The average molecular weight is 442 g/mol. The van der Waals surface area contributed by atoms with E-state index in [-0.39, 0.29) is 24.9 Å². The Balaban J connectivity index is 1.36. The summed E-state index contributed by atoms with van der Waals surface area (Å²) in [5.41, 5.74) is 2.94. The Kier molecular flexibility index (Phi) is 5.77. The zero-order valence-corrected chi connectivity index (χ0v) is 17.7. The molecule has 3 aromatic rings. The van der Waals surface area contributed by atoms with Crippen LogP contribution in [0, 0.1) is 13.8 Å². The third-order valence-corrected chi connectivity index (χ3v) is 5.10. The number of fused-ring (bicyclic) bond motifs is 1. The summed E-state index contributed by atoms with van der Waals surface area (Å²) in [6.07, 6.45) is 0. The predicted octanol–water partition coefficient (Wildman–Crippen LogP) is 2.85. The van der Waals surface area contributed by atoms with E-state index in [0.29, 0.717) is 34.4 Å². The van der Waals surface area contributed by atoms with Crippen molar-refractivity contribution in [3.63, 3.8) is 0 Å². The van der Waals surface area contributed by atoms with Gasteiger partial charge in [0, 0.05) is 6.54 Å². The van der Waals surface area contributed by atoms with Gasteiger partial charge in [-0.05, 0) is 49.2 Å². The minimum absolute atomic E-state index is 0.0675. The second-order valence-electron chi connectivity index (χ2n) is 7.08. The van der Waals surface area contributed by atoms with Gasteiger partial charge in [0.1, 0.15) is 6.54 Å². The van der Waals surface area contributed by atoms with E-state index >= 15 is 0 Å². The fourth-order valence-electron chi connectivity index (χ4n) is 3.07. The summed E-state index contributed by atoms with van der Waals surface area (Å²) in [6.45, 7) is 4.04. The van der Waals surface area contributed by atoms with Gasteiger partial charge < -0.3 is 20.1 Å². The van der Waals surface area contributed by atoms with Gasteiger partial charge in [0.2, 0.25) is 12.7 Å². The molecule has 4 rings (SSSR count). The van der Waals surface area contributed by atoms with Crippen LogP contribution in [0.3, 0.4) is 0 Å². The number of amides is 2. The van der Waals surface area contributed by atoms with Crippen LogP contribution in [0.5, 0.6) is 11.5 Å². The van der Waals surface area contributed by atoms with Crippen LogP contribution in [0.1, 0.15) is 27.3 Å². The molecular weight excluding hydrogens is 422 g/mol. The molecule has 0 unspecified atom stereocenters. The van der Waals surface area contributed by atoms with Crippen molar-refractivity contribution in [3.05, 3.63) is 63.9 Å². The number of aromatic nitrogens is 3. The van der Waals surface area contributed by atoms with E-state index in [9.17, 15) is 9.59 Å². The van der Waals surface area contributed by atoms with E-state index < -0.39 is 5.91 Å². The largest absolute Gasteiger partial charge is 0.454 e. The van der Waals surface area contributed by atoms with Crippen LogP contribution in [0.4, 0.5) is 5.69 Å². The second-order valence-corrected chi connectivity index (χ2v) is 7.49. The normalized spacial score (nSPS) is 12.0. The molecule has 2 amide bonds. The van der Waals surface area contributed by atoms with Crippen molar-refractivity contribution < 1.29 is 19.1 Å². The van der Waals surface area contributed by atoms with E-state index in [4.69, 9.17) is 21.1 Å². The number of halogens is 1. The molecule has 31 heavy (non-hydrogen) atoms. The first kappa shape index (κ1) is 20.7. The lowest BCUT2D eigenvalue weighted by Gasteiger charge is -2.08. The highest BCUT2D eigenvalue weighted by molar-refractivity contribution is 6.34. The third-order valence-electron chi connectivity index (χ3n) is 4.79. The number of hydrogen-bond donors (Lipinski definition) is 2. The standard InChI is InChI=1S/C21H20ClN5O4/c1-12-3-5-16(15(22)7-12)24-21(29)20-13(2)27(26-25-20)10-19(28)23-9-14-4-6-17-18(8-14)31-11-30-17/h3-8H,9-11H2,1-2H3,(H,23,28)(H,24,29). The highest BCUT2D eigenvalue weighted by Crippen LogP contribution is 2.32. The Labute approximate surface area is 183 Å². The molecule has 2 N–H and O–H groups in total. The Morgan fingerprint density at radius 1 is 1.13 bits per heavy atom. The maximum Gasteiger partial charge on any atom is 0.278 e. The number of aryl methyl sites for hydroxylation is 1.